The van der Waals surface area contributed by atoms with Gasteiger partial charge in [0.15, 0.2) is 0 Å². The predicted octanol–water partition coefficient (Wildman–Crippen LogP) is 1.74. The van der Waals surface area contributed by atoms with Crippen molar-refractivity contribution in [2.24, 2.45) is 5.92 Å². The van der Waals surface area contributed by atoms with Crippen LogP contribution in [0.1, 0.15) is 33.1 Å². The lowest BCUT2D eigenvalue weighted by atomic mass is 9.81. The minimum absolute atomic E-state index is 0.0764. The van der Waals surface area contributed by atoms with Gasteiger partial charge in [0.1, 0.15) is 0 Å². The zero-order valence-electron chi connectivity index (χ0n) is 14.8. The van der Waals surface area contributed by atoms with E-state index < -0.39 is 5.60 Å². The van der Waals surface area contributed by atoms with Crippen LogP contribution >= 0.6 is 0 Å². The number of hydrogen-bond donors (Lipinski definition) is 1. The summed E-state index contributed by atoms with van der Waals surface area (Å²) in [4.78, 5) is 15.8. The normalized spacial score (nSPS) is 23.6. The molecule has 2 atom stereocenters. The Morgan fingerprint density at radius 2 is 2.12 bits per heavy atom. The second-order valence-corrected chi connectivity index (χ2v) is 6.88. The maximum Gasteiger partial charge on any atom is 0.224 e. The molecule has 0 radical (unpaired) electrons. The van der Waals surface area contributed by atoms with Gasteiger partial charge in [0.25, 0.3) is 0 Å². The number of aromatic nitrogens is 4. The van der Waals surface area contributed by atoms with Crippen molar-refractivity contribution in [2.75, 3.05) is 13.1 Å². The molecule has 7 heteroatoms. The van der Waals surface area contributed by atoms with E-state index in [0.717, 1.165) is 12.0 Å². The highest BCUT2D eigenvalue weighted by Crippen LogP contribution is 2.30. The average molecular weight is 343 g/mol. The van der Waals surface area contributed by atoms with Gasteiger partial charge in [0.2, 0.25) is 11.7 Å². The third-order valence-corrected chi connectivity index (χ3v) is 5.06. The van der Waals surface area contributed by atoms with Crippen LogP contribution in [0.3, 0.4) is 0 Å². The number of likely N-dealkylation sites (tertiary alicyclic amines) is 1. The molecular weight excluding hydrogens is 318 g/mol. The van der Waals surface area contributed by atoms with Gasteiger partial charge in [-0.05, 0) is 25.0 Å². The largest absolute Gasteiger partial charge is 0.390 e. The number of piperidine rings is 1. The third-order valence-electron chi connectivity index (χ3n) is 5.06. The number of amides is 1. The topological polar surface area (TPSA) is 84.1 Å². The van der Waals surface area contributed by atoms with Crippen molar-refractivity contribution in [1.29, 1.82) is 0 Å². The molecular formula is C18H25N5O2. The Balaban J connectivity index is 1.55. The molecule has 1 amide bonds. The molecule has 0 unspecified atom stereocenters. The molecule has 1 aliphatic heterocycles. The van der Waals surface area contributed by atoms with Crippen molar-refractivity contribution < 1.29 is 9.90 Å². The smallest absolute Gasteiger partial charge is 0.224 e. The molecule has 0 bridgehead atoms. The first-order valence-corrected chi connectivity index (χ1v) is 8.83. The molecule has 7 nitrogen and oxygen atoms in total. The SMILES string of the molecule is CC[C@H]1CN(C(=O)CCn2nnc(-c3ccccc3)n2)CC[C@@]1(C)O. The van der Waals surface area contributed by atoms with Gasteiger partial charge in [-0.3, -0.25) is 4.79 Å². The summed E-state index contributed by atoms with van der Waals surface area (Å²) in [5, 5.41) is 22.8. The van der Waals surface area contributed by atoms with E-state index >= 15 is 0 Å². The first kappa shape index (κ1) is 17.5. The molecule has 134 valence electrons. The molecule has 3 rings (SSSR count). The van der Waals surface area contributed by atoms with Crippen LogP contribution in [0, 0.1) is 5.92 Å². The third kappa shape index (κ3) is 4.04. The fourth-order valence-electron chi connectivity index (χ4n) is 3.31. The standard InChI is InChI=1S/C18H25N5O2/c1-3-15-13-22(12-10-18(15,2)25)16(24)9-11-23-20-17(19-21-23)14-7-5-4-6-8-14/h4-8,15,25H,3,9-13H2,1-2H3/t15-,18+/m0/s1. The zero-order valence-corrected chi connectivity index (χ0v) is 14.8. The molecule has 0 saturated carbocycles. The molecule has 2 aromatic rings. The van der Waals surface area contributed by atoms with Gasteiger partial charge in [0.05, 0.1) is 12.1 Å². The van der Waals surface area contributed by atoms with Crippen molar-refractivity contribution in [3.05, 3.63) is 30.3 Å². The number of hydrogen-bond acceptors (Lipinski definition) is 5. The summed E-state index contributed by atoms with van der Waals surface area (Å²) in [5.74, 6) is 0.764. The van der Waals surface area contributed by atoms with Gasteiger partial charge < -0.3 is 10.0 Å². The lowest BCUT2D eigenvalue weighted by Crippen LogP contribution is -2.51. The highest BCUT2D eigenvalue weighted by Gasteiger charge is 2.37. The summed E-state index contributed by atoms with van der Waals surface area (Å²) in [6.45, 7) is 5.54. The van der Waals surface area contributed by atoms with E-state index in [1.165, 1.54) is 4.80 Å². The molecule has 25 heavy (non-hydrogen) atoms. The highest BCUT2D eigenvalue weighted by atomic mass is 16.3. The Labute approximate surface area is 147 Å². The molecule has 1 saturated heterocycles. The fourth-order valence-corrected chi connectivity index (χ4v) is 3.31. The first-order valence-electron chi connectivity index (χ1n) is 8.83. The molecule has 1 aliphatic rings. The van der Waals surface area contributed by atoms with E-state index in [4.69, 9.17) is 0 Å². The molecule has 1 aromatic heterocycles. The van der Waals surface area contributed by atoms with E-state index in [-0.39, 0.29) is 11.8 Å². The van der Waals surface area contributed by atoms with Crippen LogP contribution in [0.4, 0.5) is 0 Å². The van der Waals surface area contributed by atoms with Crippen LogP contribution in [0.2, 0.25) is 0 Å². The molecule has 1 fully saturated rings. The second-order valence-electron chi connectivity index (χ2n) is 6.88. The van der Waals surface area contributed by atoms with Crippen LogP contribution in [-0.2, 0) is 11.3 Å². The molecule has 0 spiro atoms. The minimum atomic E-state index is -0.677. The predicted molar refractivity (Wildman–Crippen MR) is 93.5 cm³/mol. The Bertz CT molecular complexity index is 713. The number of carbonyl (C=O) groups excluding carboxylic acids is 1. The number of benzene rings is 1. The van der Waals surface area contributed by atoms with Gasteiger partial charge in [0, 0.05) is 31.0 Å². The van der Waals surface area contributed by atoms with Crippen molar-refractivity contribution in [3.63, 3.8) is 0 Å². The zero-order chi connectivity index (χ0) is 17.9. The van der Waals surface area contributed by atoms with Crippen LogP contribution in [0.15, 0.2) is 30.3 Å². The van der Waals surface area contributed by atoms with Crippen LogP contribution in [0.5, 0.6) is 0 Å². The number of aliphatic hydroxyl groups is 1. The molecule has 1 N–H and O–H groups in total. The summed E-state index contributed by atoms with van der Waals surface area (Å²) in [6.07, 6.45) is 1.82. The summed E-state index contributed by atoms with van der Waals surface area (Å²) in [5.41, 5.74) is 0.230. The number of tetrazole rings is 1. The highest BCUT2D eigenvalue weighted by molar-refractivity contribution is 5.76. The summed E-state index contributed by atoms with van der Waals surface area (Å²) in [6, 6.07) is 9.64. The second kappa shape index (κ2) is 7.31. The Morgan fingerprint density at radius 1 is 1.36 bits per heavy atom. The summed E-state index contributed by atoms with van der Waals surface area (Å²) >= 11 is 0. The molecule has 2 heterocycles. The maximum absolute atomic E-state index is 12.5. The van der Waals surface area contributed by atoms with Gasteiger partial charge >= 0.3 is 0 Å². The number of carbonyl (C=O) groups is 1. The Kier molecular flexibility index (Phi) is 5.13. The Hall–Kier alpha value is -2.28. The van der Waals surface area contributed by atoms with Crippen LogP contribution in [-0.4, -0.2) is 54.8 Å². The van der Waals surface area contributed by atoms with E-state index in [1.807, 2.05) is 42.2 Å². The van der Waals surface area contributed by atoms with Crippen molar-refractivity contribution in [2.45, 2.75) is 45.3 Å². The fraction of sp³-hybridized carbons (Fsp3) is 0.556. The average Bonchev–Trinajstić information content (AvgIpc) is 3.09. The molecule has 0 aliphatic carbocycles. The van der Waals surface area contributed by atoms with E-state index in [1.54, 1.807) is 0 Å². The van der Waals surface area contributed by atoms with Gasteiger partial charge in [-0.15, -0.1) is 10.2 Å². The quantitative estimate of drug-likeness (QED) is 0.894. The van der Waals surface area contributed by atoms with Crippen molar-refractivity contribution >= 4 is 5.91 Å². The van der Waals surface area contributed by atoms with E-state index in [2.05, 4.69) is 22.3 Å². The van der Waals surface area contributed by atoms with Gasteiger partial charge in [-0.1, -0.05) is 37.3 Å². The summed E-state index contributed by atoms with van der Waals surface area (Å²) < 4.78 is 0. The van der Waals surface area contributed by atoms with Gasteiger partial charge in [-0.25, -0.2) is 0 Å². The number of rotatable bonds is 5. The van der Waals surface area contributed by atoms with Crippen LogP contribution in [0.25, 0.3) is 11.4 Å². The number of nitrogens with zero attached hydrogens (tertiary/aromatic N) is 5. The lowest BCUT2D eigenvalue weighted by Gasteiger charge is -2.42. The van der Waals surface area contributed by atoms with E-state index in [0.29, 0.717) is 38.3 Å². The molecule has 1 aromatic carbocycles. The van der Waals surface area contributed by atoms with E-state index in [9.17, 15) is 9.90 Å². The first-order chi connectivity index (χ1) is 12.0. The van der Waals surface area contributed by atoms with Gasteiger partial charge in [-0.2, -0.15) is 4.80 Å². The Morgan fingerprint density at radius 3 is 2.84 bits per heavy atom. The lowest BCUT2D eigenvalue weighted by molar-refractivity contribution is -0.139. The van der Waals surface area contributed by atoms with Crippen LogP contribution < -0.4 is 0 Å². The van der Waals surface area contributed by atoms with Crippen molar-refractivity contribution in [1.82, 2.24) is 25.1 Å². The van der Waals surface area contributed by atoms with Crippen molar-refractivity contribution in [3.8, 4) is 11.4 Å². The summed E-state index contributed by atoms with van der Waals surface area (Å²) in [7, 11) is 0. The minimum Gasteiger partial charge on any atom is -0.390 e. The maximum atomic E-state index is 12.5. The number of aryl methyl sites for hydroxylation is 1. The monoisotopic (exact) mass is 343 g/mol.